The van der Waals surface area contributed by atoms with Gasteiger partial charge in [0.2, 0.25) is 0 Å². The Bertz CT molecular complexity index is 355. The molecule has 1 heterocycles. The minimum Gasteiger partial charge on any atom is -0.491 e. The summed E-state index contributed by atoms with van der Waals surface area (Å²) in [6, 6.07) is 0.228. The molecule has 80 valence electrons. The summed E-state index contributed by atoms with van der Waals surface area (Å²) in [5.74, 6) is 1.86. The van der Waals surface area contributed by atoms with Crippen LogP contribution >= 0.6 is 0 Å². The standard InChI is InChI=1S/C11H15N3O/c12-9-3-8-5-13-14-10(8)4-11(9)15-6-7-1-2-7/h3-5,7-8,10,14H,1-2,6,12H2. The Labute approximate surface area is 88.9 Å². The van der Waals surface area contributed by atoms with Gasteiger partial charge in [0.25, 0.3) is 0 Å². The van der Waals surface area contributed by atoms with Gasteiger partial charge in [-0.15, -0.1) is 0 Å². The third-order valence-electron chi connectivity index (χ3n) is 3.04. The van der Waals surface area contributed by atoms with E-state index in [1.807, 2.05) is 18.4 Å². The molecule has 3 rings (SSSR count). The van der Waals surface area contributed by atoms with Crippen molar-refractivity contribution >= 4 is 6.21 Å². The van der Waals surface area contributed by atoms with Crippen LogP contribution in [0.3, 0.4) is 0 Å². The lowest BCUT2D eigenvalue weighted by atomic mass is 9.95. The molecule has 2 unspecified atom stereocenters. The summed E-state index contributed by atoms with van der Waals surface area (Å²) in [4.78, 5) is 0. The molecule has 1 fully saturated rings. The van der Waals surface area contributed by atoms with E-state index in [0.717, 1.165) is 24.0 Å². The predicted molar refractivity (Wildman–Crippen MR) is 57.9 cm³/mol. The van der Waals surface area contributed by atoms with Gasteiger partial charge in [0.1, 0.15) is 5.76 Å². The van der Waals surface area contributed by atoms with Crippen LogP contribution < -0.4 is 11.2 Å². The van der Waals surface area contributed by atoms with Crippen LogP contribution in [-0.2, 0) is 4.74 Å². The summed E-state index contributed by atoms with van der Waals surface area (Å²) in [7, 11) is 0. The Hall–Kier alpha value is -1.45. The van der Waals surface area contributed by atoms with Crippen molar-refractivity contribution in [3.05, 3.63) is 23.6 Å². The van der Waals surface area contributed by atoms with Gasteiger partial charge in [-0.2, -0.15) is 5.10 Å². The number of hydrazone groups is 1. The summed E-state index contributed by atoms with van der Waals surface area (Å²) in [6.07, 6.45) is 8.52. The van der Waals surface area contributed by atoms with Gasteiger partial charge in [-0.25, -0.2) is 0 Å². The topological polar surface area (TPSA) is 59.6 Å². The molecular weight excluding hydrogens is 190 g/mol. The molecule has 0 aromatic carbocycles. The number of ether oxygens (including phenoxy) is 1. The van der Waals surface area contributed by atoms with Crippen LogP contribution in [0, 0.1) is 11.8 Å². The fourth-order valence-electron chi connectivity index (χ4n) is 1.86. The van der Waals surface area contributed by atoms with Gasteiger partial charge in [0, 0.05) is 12.1 Å². The van der Waals surface area contributed by atoms with Crippen molar-refractivity contribution in [1.29, 1.82) is 0 Å². The maximum atomic E-state index is 5.92. The highest BCUT2D eigenvalue weighted by Gasteiger charge is 2.28. The first kappa shape index (κ1) is 8.83. The highest BCUT2D eigenvalue weighted by atomic mass is 16.5. The predicted octanol–water partition coefficient (Wildman–Crippen LogP) is 0.727. The first-order valence-corrected chi connectivity index (χ1v) is 5.44. The fraction of sp³-hybridized carbons (Fsp3) is 0.545. The van der Waals surface area contributed by atoms with Crippen LogP contribution in [0.1, 0.15) is 12.8 Å². The molecule has 4 nitrogen and oxygen atoms in total. The Morgan fingerprint density at radius 2 is 2.33 bits per heavy atom. The lowest BCUT2D eigenvalue weighted by Crippen LogP contribution is -2.29. The van der Waals surface area contributed by atoms with Crippen LogP contribution in [-0.4, -0.2) is 18.9 Å². The highest BCUT2D eigenvalue weighted by Crippen LogP contribution is 2.31. The van der Waals surface area contributed by atoms with Crippen molar-refractivity contribution in [3.8, 4) is 0 Å². The van der Waals surface area contributed by atoms with E-state index in [9.17, 15) is 0 Å². The number of hydrogen-bond donors (Lipinski definition) is 2. The molecule has 0 bridgehead atoms. The summed E-state index contributed by atoms with van der Waals surface area (Å²) in [5, 5.41) is 4.03. The molecule has 1 aliphatic heterocycles. The summed E-state index contributed by atoms with van der Waals surface area (Å²) >= 11 is 0. The molecular formula is C11H15N3O. The second-order valence-electron chi connectivity index (χ2n) is 4.42. The zero-order valence-corrected chi connectivity index (χ0v) is 8.52. The van der Waals surface area contributed by atoms with Crippen molar-refractivity contribution in [2.24, 2.45) is 22.7 Å². The number of rotatable bonds is 3. The van der Waals surface area contributed by atoms with Crippen LogP contribution in [0.4, 0.5) is 0 Å². The van der Waals surface area contributed by atoms with E-state index in [2.05, 4.69) is 10.5 Å². The second kappa shape index (κ2) is 3.29. The van der Waals surface area contributed by atoms with Crippen LogP contribution in [0.25, 0.3) is 0 Å². The third kappa shape index (κ3) is 1.71. The molecule has 3 aliphatic rings. The summed E-state index contributed by atoms with van der Waals surface area (Å²) in [6.45, 7) is 0.804. The fourth-order valence-corrected chi connectivity index (χ4v) is 1.86. The molecule has 2 atom stereocenters. The largest absolute Gasteiger partial charge is 0.491 e. The number of hydrogen-bond acceptors (Lipinski definition) is 4. The van der Waals surface area contributed by atoms with Crippen molar-refractivity contribution < 1.29 is 4.74 Å². The van der Waals surface area contributed by atoms with Crippen LogP contribution in [0.15, 0.2) is 28.7 Å². The maximum absolute atomic E-state index is 5.92. The number of nitrogens with one attached hydrogen (secondary N) is 1. The summed E-state index contributed by atoms with van der Waals surface area (Å²) in [5.41, 5.74) is 9.69. The van der Waals surface area contributed by atoms with E-state index < -0.39 is 0 Å². The second-order valence-corrected chi connectivity index (χ2v) is 4.42. The van der Waals surface area contributed by atoms with Crippen molar-refractivity contribution in [2.45, 2.75) is 18.9 Å². The number of nitrogens with zero attached hydrogens (tertiary/aromatic N) is 1. The van der Waals surface area contributed by atoms with E-state index in [4.69, 9.17) is 10.5 Å². The Kier molecular flexibility index (Phi) is 1.94. The van der Waals surface area contributed by atoms with E-state index in [1.54, 1.807) is 0 Å². The molecule has 0 amide bonds. The monoisotopic (exact) mass is 205 g/mol. The maximum Gasteiger partial charge on any atom is 0.140 e. The van der Waals surface area contributed by atoms with E-state index in [-0.39, 0.29) is 6.04 Å². The molecule has 3 N–H and O–H groups in total. The normalized spacial score (nSPS) is 32.8. The Morgan fingerprint density at radius 1 is 1.47 bits per heavy atom. The van der Waals surface area contributed by atoms with Gasteiger partial charge in [-0.3, -0.25) is 0 Å². The summed E-state index contributed by atoms with van der Waals surface area (Å²) < 4.78 is 5.70. The van der Waals surface area contributed by atoms with Crippen LogP contribution in [0.5, 0.6) is 0 Å². The minimum absolute atomic E-state index is 0.228. The molecule has 4 heteroatoms. The van der Waals surface area contributed by atoms with Gasteiger partial charge in [0.05, 0.1) is 18.3 Å². The lowest BCUT2D eigenvalue weighted by Gasteiger charge is -2.21. The first-order chi connectivity index (χ1) is 7.33. The van der Waals surface area contributed by atoms with Gasteiger partial charge in [-0.1, -0.05) is 0 Å². The van der Waals surface area contributed by atoms with Crippen LogP contribution in [0.2, 0.25) is 0 Å². The molecule has 0 saturated heterocycles. The zero-order chi connectivity index (χ0) is 10.3. The third-order valence-corrected chi connectivity index (χ3v) is 3.04. The molecule has 0 spiro atoms. The lowest BCUT2D eigenvalue weighted by molar-refractivity contribution is 0.202. The van der Waals surface area contributed by atoms with Gasteiger partial charge >= 0.3 is 0 Å². The van der Waals surface area contributed by atoms with E-state index in [0.29, 0.717) is 5.92 Å². The molecule has 0 aromatic heterocycles. The molecule has 1 saturated carbocycles. The molecule has 15 heavy (non-hydrogen) atoms. The van der Waals surface area contributed by atoms with Crippen molar-refractivity contribution in [3.63, 3.8) is 0 Å². The number of nitrogens with two attached hydrogens (primary N) is 1. The van der Waals surface area contributed by atoms with E-state index >= 15 is 0 Å². The SMILES string of the molecule is NC1=CC2C=NNC2C=C1OCC1CC1. The quantitative estimate of drug-likeness (QED) is 0.714. The highest BCUT2D eigenvalue weighted by molar-refractivity contribution is 5.68. The Balaban J connectivity index is 1.68. The molecule has 0 radical (unpaired) electrons. The first-order valence-electron chi connectivity index (χ1n) is 5.44. The van der Waals surface area contributed by atoms with Gasteiger partial charge in [0.15, 0.2) is 0 Å². The van der Waals surface area contributed by atoms with Crippen molar-refractivity contribution in [1.82, 2.24) is 5.43 Å². The Morgan fingerprint density at radius 3 is 3.13 bits per heavy atom. The average molecular weight is 205 g/mol. The molecule has 2 aliphatic carbocycles. The van der Waals surface area contributed by atoms with Gasteiger partial charge < -0.3 is 15.9 Å². The minimum atomic E-state index is 0.228. The average Bonchev–Trinajstić information content (AvgIpc) is 2.94. The molecule has 0 aromatic rings. The number of fused-ring (bicyclic) bond motifs is 1. The smallest absolute Gasteiger partial charge is 0.140 e. The van der Waals surface area contributed by atoms with Crippen molar-refractivity contribution in [2.75, 3.05) is 6.61 Å². The zero-order valence-electron chi connectivity index (χ0n) is 8.52. The van der Waals surface area contributed by atoms with E-state index in [1.165, 1.54) is 12.8 Å². The van der Waals surface area contributed by atoms with Gasteiger partial charge in [-0.05, 0) is 30.9 Å².